The Labute approximate surface area is 121 Å². The molecule has 0 spiro atoms. The van der Waals surface area contributed by atoms with Gasteiger partial charge in [-0.25, -0.2) is 0 Å². The van der Waals surface area contributed by atoms with Crippen LogP contribution in [0.1, 0.15) is 18.5 Å². The van der Waals surface area contributed by atoms with Crippen molar-refractivity contribution >= 4 is 15.9 Å². The van der Waals surface area contributed by atoms with Gasteiger partial charge < -0.3 is 15.2 Å². The minimum Gasteiger partial charge on any atom is -0.497 e. The molecule has 2 aromatic rings. The molecule has 2 rings (SSSR count). The highest BCUT2D eigenvalue weighted by Crippen LogP contribution is 2.32. The van der Waals surface area contributed by atoms with Gasteiger partial charge in [0.1, 0.15) is 17.2 Å². The van der Waals surface area contributed by atoms with E-state index in [9.17, 15) is 0 Å². The van der Waals surface area contributed by atoms with Gasteiger partial charge in [0.25, 0.3) is 0 Å². The summed E-state index contributed by atoms with van der Waals surface area (Å²) in [7, 11) is 1.63. The lowest BCUT2D eigenvalue weighted by Crippen LogP contribution is -2.04. The topological polar surface area (TPSA) is 44.5 Å². The molecule has 2 aromatic carbocycles. The van der Waals surface area contributed by atoms with Crippen molar-refractivity contribution in [1.82, 2.24) is 0 Å². The Morgan fingerprint density at radius 3 is 2.47 bits per heavy atom. The van der Waals surface area contributed by atoms with E-state index in [2.05, 4.69) is 15.9 Å². The highest BCUT2D eigenvalue weighted by molar-refractivity contribution is 9.10. The summed E-state index contributed by atoms with van der Waals surface area (Å²) in [5.74, 6) is 2.24. The van der Waals surface area contributed by atoms with Crippen molar-refractivity contribution in [2.24, 2.45) is 5.73 Å². The predicted octanol–water partition coefficient (Wildman–Crippen LogP) is 4.27. The Kier molecular flexibility index (Phi) is 4.45. The van der Waals surface area contributed by atoms with E-state index in [0.29, 0.717) is 0 Å². The van der Waals surface area contributed by atoms with Gasteiger partial charge >= 0.3 is 0 Å². The molecule has 0 bridgehead atoms. The molecule has 0 amide bonds. The quantitative estimate of drug-likeness (QED) is 0.914. The average Bonchev–Trinajstić information content (AvgIpc) is 2.41. The summed E-state index contributed by atoms with van der Waals surface area (Å²) in [6, 6.07) is 13.3. The summed E-state index contributed by atoms with van der Waals surface area (Å²) in [4.78, 5) is 0. The van der Waals surface area contributed by atoms with Gasteiger partial charge in [0.2, 0.25) is 0 Å². The molecule has 0 unspecified atom stereocenters. The number of hydrogen-bond donors (Lipinski definition) is 1. The van der Waals surface area contributed by atoms with Crippen molar-refractivity contribution in [2.75, 3.05) is 7.11 Å². The smallest absolute Gasteiger partial charge is 0.141 e. The lowest BCUT2D eigenvalue weighted by Gasteiger charge is -2.11. The van der Waals surface area contributed by atoms with E-state index >= 15 is 0 Å². The molecule has 0 saturated carbocycles. The highest BCUT2D eigenvalue weighted by atomic mass is 79.9. The molecular weight excluding hydrogens is 306 g/mol. The predicted molar refractivity (Wildman–Crippen MR) is 79.8 cm³/mol. The largest absolute Gasteiger partial charge is 0.497 e. The van der Waals surface area contributed by atoms with Crippen LogP contribution in [0.25, 0.3) is 0 Å². The van der Waals surface area contributed by atoms with Crippen molar-refractivity contribution in [3.05, 3.63) is 52.5 Å². The van der Waals surface area contributed by atoms with Crippen molar-refractivity contribution < 1.29 is 9.47 Å². The van der Waals surface area contributed by atoms with Crippen LogP contribution in [0.15, 0.2) is 46.9 Å². The molecule has 0 aliphatic rings. The fourth-order valence-corrected chi connectivity index (χ4v) is 2.15. The summed E-state index contributed by atoms with van der Waals surface area (Å²) in [5.41, 5.74) is 6.91. The maximum absolute atomic E-state index is 5.84. The molecule has 0 heterocycles. The molecule has 0 radical (unpaired) electrons. The van der Waals surface area contributed by atoms with Crippen LogP contribution in [0.3, 0.4) is 0 Å². The first-order valence-electron chi connectivity index (χ1n) is 5.97. The molecule has 19 heavy (non-hydrogen) atoms. The van der Waals surface area contributed by atoms with Gasteiger partial charge in [-0.05, 0) is 52.7 Å². The fourth-order valence-electron chi connectivity index (χ4n) is 1.67. The van der Waals surface area contributed by atoms with Crippen LogP contribution < -0.4 is 15.2 Å². The standard InChI is InChI=1S/C15H16BrNO2/c1-10(17)11-6-7-15(14(16)8-11)19-13-5-3-4-12(9-13)18-2/h3-10H,17H2,1-2H3/t10-/m1/s1. The Balaban J connectivity index is 2.23. The summed E-state index contributed by atoms with van der Waals surface area (Å²) >= 11 is 3.50. The lowest BCUT2D eigenvalue weighted by atomic mass is 10.1. The number of hydrogen-bond acceptors (Lipinski definition) is 3. The normalized spacial score (nSPS) is 12.0. The highest BCUT2D eigenvalue weighted by Gasteiger charge is 2.07. The van der Waals surface area contributed by atoms with Gasteiger partial charge in [-0.2, -0.15) is 0 Å². The Bertz CT molecular complexity index is 570. The third-order valence-electron chi connectivity index (χ3n) is 2.75. The monoisotopic (exact) mass is 321 g/mol. The molecule has 3 nitrogen and oxygen atoms in total. The molecular formula is C15H16BrNO2. The van der Waals surface area contributed by atoms with Crippen molar-refractivity contribution in [2.45, 2.75) is 13.0 Å². The molecule has 0 fully saturated rings. The van der Waals surface area contributed by atoms with Crippen LogP contribution in [0, 0.1) is 0 Å². The van der Waals surface area contributed by atoms with Crippen molar-refractivity contribution in [3.8, 4) is 17.2 Å². The Hall–Kier alpha value is -1.52. The minimum absolute atomic E-state index is 0.00201. The zero-order valence-corrected chi connectivity index (χ0v) is 12.5. The van der Waals surface area contributed by atoms with Crippen LogP contribution in [0.5, 0.6) is 17.2 Å². The number of halogens is 1. The molecule has 0 aliphatic heterocycles. The van der Waals surface area contributed by atoms with Crippen molar-refractivity contribution in [3.63, 3.8) is 0 Å². The number of methoxy groups -OCH3 is 1. The number of ether oxygens (including phenoxy) is 2. The second-order valence-electron chi connectivity index (χ2n) is 4.26. The first-order chi connectivity index (χ1) is 9.10. The first kappa shape index (κ1) is 13.9. The third kappa shape index (κ3) is 3.49. The fraction of sp³-hybridized carbons (Fsp3) is 0.200. The zero-order chi connectivity index (χ0) is 13.8. The van der Waals surface area contributed by atoms with Crippen LogP contribution >= 0.6 is 15.9 Å². The number of rotatable bonds is 4. The molecule has 2 N–H and O–H groups in total. The first-order valence-corrected chi connectivity index (χ1v) is 6.76. The van der Waals surface area contributed by atoms with Gasteiger partial charge in [-0.15, -0.1) is 0 Å². The zero-order valence-electron chi connectivity index (χ0n) is 10.9. The summed E-state index contributed by atoms with van der Waals surface area (Å²) in [5, 5.41) is 0. The van der Waals surface area contributed by atoms with E-state index in [1.54, 1.807) is 7.11 Å². The Morgan fingerprint density at radius 2 is 1.84 bits per heavy atom. The molecule has 0 aliphatic carbocycles. The van der Waals surface area contributed by atoms with E-state index in [1.165, 1.54) is 0 Å². The summed E-state index contributed by atoms with van der Waals surface area (Å²) in [6.07, 6.45) is 0. The molecule has 4 heteroatoms. The molecule has 0 saturated heterocycles. The van der Waals surface area contributed by atoms with Crippen LogP contribution in [0.2, 0.25) is 0 Å². The lowest BCUT2D eigenvalue weighted by molar-refractivity contribution is 0.409. The van der Waals surface area contributed by atoms with Crippen LogP contribution in [0.4, 0.5) is 0 Å². The van der Waals surface area contributed by atoms with Crippen LogP contribution in [-0.2, 0) is 0 Å². The third-order valence-corrected chi connectivity index (χ3v) is 3.37. The maximum atomic E-state index is 5.84. The van der Waals surface area contributed by atoms with Crippen molar-refractivity contribution in [1.29, 1.82) is 0 Å². The Morgan fingerprint density at radius 1 is 1.11 bits per heavy atom. The summed E-state index contributed by atoms with van der Waals surface area (Å²) in [6.45, 7) is 1.95. The molecule has 1 atom stereocenters. The van der Waals surface area contributed by atoms with Gasteiger partial charge in [-0.1, -0.05) is 12.1 Å². The van der Waals surface area contributed by atoms with Crippen LogP contribution in [-0.4, -0.2) is 7.11 Å². The number of nitrogens with two attached hydrogens (primary N) is 1. The average molecular weight is 322 g/mol. The van der Waals surface area contributed by atoms with E-state index in [-0.39, 0.29) is 6.04 Å². The van der Waals surface area contributed by atoms with E-state index < -0.39 is 0 Å². The SMILES string of the molecule is COc1cccc(Oc2ccc([C@@H](C)N)cc2Br)c1. The molecule has 100 valence electrons. The van der Waals surface area contributed by atoms with Gasteiger partial charge in [0.05, 0.1) is 11.6 Å². The molecule has 0 aromatic heterocycles. The maximum Gasteiger partial charge on any atom is 0.141 e. The second kappa shape index (κ2) is 6.08. The van der Waals surface area contributed by atoms with E-state index in [1.807, 2.05) is 49.4 Å². The van der Waals surface area contributed by atoms with E-state index in [4.69, 9.17) is 15.2 Å². The second-order valence-corrected chi connectivity index (χ2v) is 5.11. The minimum atomic E-state index is 0.00201. The number of benzene rings is 2. The van der Waals surface area contributed by atoms with Gasteiger partial charge in [0.15, 0.2) is 0 Å². The van der Waals surface area contributed by atoms with Gasteiger partial charge in [0, 0.05) is 12.1 Å². The van der Waals surface area contributed by atoms with E-state index in [0.717, 1.165) is 27.3 Å². The summed E-state index contributed by atoms with van der Waals surface area (Å²) < 4.78 is 11.9. The van der Waals surface area contributed by atoms with Gasteiger partial charge in [-0.3, -0.25) is 0 Å².